The largest absolute Gasteiger partial charge is 0.320 e. The van der Waals surface area contributed by atoms with Gasteiger partial charge < -0.3 is 9.47 Å². The first kappa shape index (κ1) is 16.2. The first-order valence-electron chi connectivity index (χ1n) is 9.47. The Morgan fingerprint density at radius 1 is 1.07 bits per heavy atom. The van der Waals surface area contributed by atoms with Crippen LogP contribution in [0.25, 0.3) is 0 Å². The van der Waals surface area contributed by atoms with Crippen LogP contribution in [-0.4, -0.2) is 20.7 Å². The van der Waals surface area contributed by atoms with E-state index in [1.807, 2.05) is 34.7 Å². The minimum atomic E-state index is 0.101. The standard InChI is InChI=1S/C22H22N4O/c1-14-5-3-8-19-20(14)12-26(22(19)27)16-7-4-6-15(11-16)17-9-10-18(17)21-24-23-13-25(21)2/h3-8,11,13,17-18H,9-10,12H2,1-2H3/t17-,18-/m0/s1. The van der Waals surface area contributed by atoms with Gasteiger partial charge in [0, 0.05) is 24.2 Å². The van der Waals surface area contributed by atoms with Gasteiger partial charge >= 0.3 is 0 Å². The molecule has 2 aliphatic rings. The number of nitrogens with zero attached hydrogens (tertiary/aromatic N) is 4. The zero-order valence-corrected chi connectivity index (χ0v) is 15.6. The number of aromatic nitrogens is 3. The molecule has 0 saturated heterocycles. The fourth-order valence-electron chi connectivity index (χ4n) is 4.46. The first-order valence-corrected chi connectivity index (χ1v) is 9.47. The van der Waals surface area contributed by atoms with Gasteiger partial charge in [-0.3, -0.25) is 4.79 Å². The molecule has 2 atom stereocenters. The van der Waals surface area contributed by atoms with Crippen LogP contribution >= 0.6 is 0 Å². The highest BCUT2D eigenvalue weighted by Gasteiger charge is 2.37. The Morgan fingerprint density at radius 2 is 1.89 bits per heavy atom. The van der Waals surface area contributed by atoms with E-state index in [0.717, 1.165) is 35.5 Å². The molecule has 27 heavy (non-hydrogen) atoms. The Labute approximate surface area is 158 Å². The predicted octanol–water partition coefficient (Wildman–Crippen LogP) is 3.95. The lowest BCUT2D eigenvalue weighted by Crippen LogP contribution is -2.26. The Bertz CT molecular complexity index is 1040. The van der Waals surface area contributed by atoms with Gasteiger partial charge in [-0.2, -0.15) is 0 Å². The third-order valence-corrected chi connectivity index (χ3v) is 6.16. The normalized spacial score (nSPS) is 21.3. The summed E-state index contributed by atoms with van der Waals surface area (Å²) in [5, 5.41) is 8.35. The van der Waals surface area contributed by atoms with Crippen LogP contribution in [-0.2, 0) is 13.6 Å². The lowest BCUT2D eigenvalue weighted by Gasteiger charge is -2.36. The number of carbonyl (C=O) groups excluding carboxylic acids is 1. The van der Waals surface area contributed by atoms with Gasteiger partial charge in [-0.15, -0.1) is 10.2 Å². The van der Waals surface area contributed by atoms with Crippen molar-refractivity contribution in [2.45, 2.75) is 38.1 Å². The minimum absolute atomic E-state index is 0.101. The van der Waals surface area contributed by atoms with Crippen molar-refractivity contribution in [1.29, 1.82) is 0 Å². The molecular formula is C22H22N4O. The molecule has 1 aliphatic heterocycles. The van der Waals surface area contributed by atoms with E-state index in [4.69, 9.17) is 0 Å². The Morgan fingerprint density at radius 3 is 2.59 bits per heavy atom. The monoisotopic (exact) mass is 358 g/mol. The van der Waals surface area contributed by atoms with E-state index in [0.29, 0.717) is 18.4 Å². The number of anilines is 1. The van der Waals surface area contributed by atoms with Gasteiger partial charge in [0.2, 0.25) is 0 Å². The van der Waals surface area contributed by atoms with Gasteiger partial charge in [-0.05, 0) is 60.6 Å². The van der Waals surface area contributed by atoms with E-state index in [1.165, 1.54) is 11.1 Å². The molecule has 0 spiro atoms. The molecular weight excluding hydrogens is 336 g/mol. The zero-order valence-electron chi connectivity index (χ0n) is 15.6. The van der Waals surface area contributed by atoms with Crippen molar-refractivity contribution in [2.75, 3.05) is 4.90 Å². The fraction of sp³-hybridized carbons (Fsp3) is 0.318. The predicted molar refractivity (Wildman–Crippen MR) is 104 cm³/mol. The van der Waals surface area contributed by atoms with E-state index >= 15 is 0 Å². The SMILES string of the molecule is Cc1cccc2c1CN(c1cccc([C@@H]3CC[C@@H]3c3nncn3C)c1)C2=O. The average Bonchev–Trinajstić information content (AvgIpc) is 3.20. The highest BCUT2D eigenvalue weighted by Crippen LogP contribution is 2.49. The highest BCUT2D eigenvalue weighted by molar-refractivity contribution is 6.10. The molecule has 0 bridgehead atoms. The van der Waals surface area contributed by atoms with E-state index in [1.54, 1.807) is 6.33 Å². The Hall–Kier alpha value is -2.95. The summed E-state index contributed by atoms with van der Waals surface area (Å²) in [5.41, 5.74) is 5.43. The number of fused-ring (bicyclic) bond motifs is 1. The highest BCUT2D eigenvalue weighted by atomic mass is 16.2. The molecule has 1 fully saturated rings. The molecule has 3 aromatic rings. The van der Waals surface area contributed by atoms with Crippen LogP contribution in [0.4, 0.5) is 5.69 Å². The summed E-state index contributed by atoms with van der Waals surface area (Å²) in [6.07, 6.45) is 4.05. The van der Waals surface area contributed by atoms with Gasteiger partial charge in [0.05, 0.1) is 6.54 Å². The van der Waals surface area contributed by atoms with Gasteiger partial charge in [0.1, 0.15) is 12.2 Å². The molecule has 2 heterocycles. The molecule has 2 aromatic carbocycles. The number of carbonyl (C=O) groups is 1. The summed E-state index contributed by atoms with van der Waals surface area (Å²) in [6, 6.07) is 14.4. The number of amides is 1. The van der Waals surface area contributed by atoms with E-state index in [9.17, 15) is 4.79 Å². The van der Waals surface area contributed by atoms with Gasteiger partial charge in [-0.1, -0.05) is 24.3 Å². The van der Waals surface area contributed by atoms with E-state index in [-0.39, 0.29) is 5.91 Å². The van der Waals surface area contributed by atoms with Crippen molar-refractivity contribution < 1.29 is 4.79 Å². The van der Waals surface area contributed by atoms with E-state index in [2.05, 4.69) is 41.4 Å². The van der Waals surface area contributed by atoms with Gasteiger partial charge in [0.15, 0.2) is 0 Å². The maximum Gasteiger partial charge on any atom is 0.258 e. The minimum Gasteiger partial charge on any atom is -0.320 e. The van der Waals surface area contributed by atoms with Crippen LogP contribution in [0.5, 0.6) is 0 Å². The molecule has 0 N–H and O–H groups in total. The second kappa shape index (κ2) is 6.05. The van der Waals surface area contributed by atoms with Crippen molar-refractivity contribution in [1.82, 2.24) is 14.8 Å². The van der Waals surface area contributed by atoms with Crippen LogP contribution < -0.4 is 4.90 Å². The van der Waals surface area contributed by atoms with Gasteiger partial charge in [-0.25, -0.2) is 0 Å². The molecule has 1 amide bonds. The Kier molecular flexibility index (Phi) is 3.64. The third-order valence-electron chi connectivity index (χ3n) is 6.16. The average molecular weight is 358 g/mol. The summed E-state index contributed by atoms with van der Waals surface area (Å²) in [7, 11) is 2.00. The maximum atomic E-state index is 12.9. The molecule has 136 valence electrons. The zero-order chi connectivity index (χ0) is 18.5. The number of hydrogen-bond acceptors (Lipinski definition) is 3. The number of benzene rings is 2. The second-order valence-corrected chi connectivity index (χ2v) is 7.68. The molecule has 1 aliphatic carbocycles. The van der Waals surface area contributed by atoms with Crippen LogP contribution in [0.3, 0.4) is 0 Å². The van der Waals surface area contributed by atoms with Gasteiger partial charge in [0.25, 0.3) is 5.91 Å². The van der Waals surface area contributed by atoms with Crippen molar-refractivity contribution in [2.24, 2.45) is 7.05 Å². The molecule has 5 nitrogen and oxygen atoms in total. The van der Waals surface area contributed by atoms with Crippen molar-refractivity contribution in [3.63, 3.8) is 0 Å². The van der Waals surface area contributed by atoms with Crippen LogP contribution in [0, 0.1) is 6.92 Å². The molecule has 1 aromatic heterocycles. The molecule has 1 saturated carbocycles. The topological polar surface area (TPSA) is 51.0 Å². The number of rotatable bonds is 3. The fourth-order valence-corrected chi connectivity index (χ4v) is 4.46. The van der Waals surface area contributed by atoms with Crippen LogP contribution in [0.15, 0.2) is 48.8 Å². The molecule has 5 heteroatoms. The van der Waals surface area contributed by atoms with Crippen LogP contribution in [0.1, 0.15) is 57.6 Å². The summed E-state index contributed by atoms with van der Waals surface area (Å²) >= 11 is 0. The lowest BCUT2D eigenvalue weighted by molar-refractivity contribution is 0.0996. The van der Waals surface area contributed by atoms with E-state index < -0.39 is 0 Å². The van der Waals surface area contributed by atoms with Crippen molar-refractivity contribution in [3.8, 4) is 0 Å². The van der Waals surface area contributed by atoms with Crippen LogP contribution in [0.2, 0.25) is 0 Å². The quantitative estimate of drug-likeness (QED) is 0.712. The number of aryl methyl sites for hydroxylation is 2. The maximum absolute atomic E-state index is 12.9. The smallest absolute Gasteiger partial charge is 0.258 e. The summed E-state index contributed by atoms with van der Waals surface area (Å²) in [6.45, 7) is 2.73. The van der Waals surface area contributed by atoms with Crippen molar-refractivity contribution in [3.05, 3.63) is 76.9 Å². The second-order valence-electron chi connectivity index (χ2n) is 7.68. The van der Waals surface area contributed by atoms with Crippen molar-refractivity contribution >= 4 is 11.6 Å². The Balaban J connectivity index is 1.45. The molecule has 0 radical (unpaired) electrons. The number of hydrogen-bond donors (Lipinski definition) is 0. The summed E-state index contributed by atoms with van der Waals surface area (Å²) in [5.74, 6) is 2.00. The first-order chi connectivity index (χ1) is 13.1. The summed E-state index contributed by atoms with van der Waals surface area (Å²) in [4.78, 5) is 14.8. The molecule has 0 unspecified atom stereocenters. The third kappa shape index (κ3) is 2.49. The summed E-state index contributed by atoms with van der Waals surface area (Å²) < 4.78 is 2.02. The lowest BCUT2D eigenvalue weighted by atomic mass is 9.69. The molecule has 5 rings (SSSR count).